The molecule has 0 fully saturated rings. The maximum Gasteiger partial charge on any atom is 0.335 e. The number of rotatable bonds is 8. The van der Waals surface area contributed by atoms with E-state index in [0.29, 0.717) is 17.4 Å². The zero-order valence-electron chi connectivity index (χ0n) is 16.9. The van der Waals surface area contributed by atoms with Gasteiger partial charge in [0.15, 0.2) is 11.5 Å². The maximum atomic E-state index is 11.1. The van der Waals surface area contributed by atoms with Gasteiger partial charge in [0, 0.05) is 11.4 Å². The van der Waals surface area contributed by atoms with Gasteiger partial charge in [-0.05, 0) is 61.4 Å². The van der Waals surface area contributed by atoms with E-state index in [2.05, 4.69) is 20.5 Å². The van der Waals surface area contributed by atoms with E-state index in [0.717, 1.165) is 22.5 Å². The second-order valence-electron chi connectivity index (χ2n) is 6.55. The average molecular weight is 406 g/mol. The summed E-state index contributed by atoms with van der Waals surface area (Å²) in [5, 5.41) is 13.3. The molecule has 0 amide bonds. The first-order chi connectivity index (χ1) is 14.4. The quantitative estimate of drug-likeness (QED) is 0.433. The van der Waals surface area contributed by atoms with Crippen LogP contribution < -0.4 is 14.9 Å². The van der Waals surface area contributed by atoms with Gasteiger partial charge in [-0.25, -0.2) is 20.2 Å². The number of methoxy groups -OCH3 is 1. The Morgan fingerprint density at radius 1 is 1.10 bits per heavy atom. The molecule has 8 nitrogen and oxygen atoms in total. The van der Waals surface area contributed by atoms with Gasteiger partial charge in [-0.15, -0.1) is 0 Å². The molecule has 0 unspecified atom stereocenters. The predicted molar refractivity (Wildman–Crippen MR) is 113 cm³/mol. The molecule has 0 saturated carbocycles. The molecule has 0 aliphatic rings. The highest BCUT2D eigenvalue weighted by atomic mass is 16.5. The Morgan fingerprint density at radius 2 is 1.87 bits per heavy atom. The number of aryl methyl sites for hydroxylation is 2. The van der Waals surface area contributed by atoms with Crippen molar-refractivity contribution in [1.29, 1.82) is 0 Å². The van der Waals surface area contributed by atoms with Gasteiger partial charge in [0.05, 0.1) is 18.9 Å². The predicted octanol–water partition coefficient (Wildman–Crippen LogP) is 3.83. The summed E-state index contributed by atoms with van der Waals surface area (Å²) in [6.45, 7) is 4.01. The van der Waals surface area contributed by atoms with Crippen LogP contribution in [0.2, 0.25) is 0 Å². The van der Waals surface area contributed by atoms with Crippen molar-refractivity contribution in [3.63, 3.8) is 0 Å². The number of hydrogen-bond donors (Lipinski definition) is 2. The summed E-state index contributed by atoms with van der Waals surface area (Å²) >= 11 is 0. The number of ether oxygens (including phenoxy) is 2. The number of hydrazone groups is 1. The second kappa shape index (κ2) is 9.51. The molecule has 0 radical (unpaired) electrons. The molecule has 3 rings (SSSR count). The average Bonchev–Trinajstić information content (AvgIpc) is 2.72. The van der Waals surface area contributed by atoms with E-state index in [1.54, 1.807) is 43.7 Å². The number of carbonyl (C=O) groups is 1. The lowest BCUT2D eigenvalue weighted by Crippen LogP contribution is -2.02. The highest BCUT2D eigenvalue weighted by Crippen LogP contribution is 2.28. The van der Waals surface area contributed by atoms with Gasteiger partial charge in [-0.3, -0.25) is 0 Å². The zero-order chi connectivity index (χ0) is 21.5. The van der Waals surface area contributed by atoms with Crippen LogP contribution in [0.25, 0.3) is 0 Å². The second-order valence-corrected chi connectivity index (χ2v) is 6.55. The number of carboxylic acids is 1. The maximum absolute atomic E-state index is 11.1. The third-order valence-corrected chi connectivity index (χ3v) is 4.12. The molecule has 8 heteroatoms. The molecule has 0 saturated heterocycles. The van der Waals surface area contributed by atoms with Crippen LogP contribution in [0, 0.1) is 13.8 Å². The largest absolute Gasteiger partial charge is 0.493 e. The summed E-state index contributed by atoms with van der Waals surface area (Å²) in [4.78, 5) is 19.6. The van der Waals surface area contributed by atoms with Crippen molar-refractivity contribution in [2.24, 2.45) is 5.10 Å². The molecule has 0 aliphatic carbocycles. The zero-order valence-corrected chi connectivity index (χ0v) is 16.9. The SMILES string of the molecule is COc1cc(/C=N/Nc2nc(C)cc(C)n2)ccc1OCc1cccc(C(=O)O)c1. The Bertz CT molecular complexity index is 1060. The van der Waals surface area contributed by atoms with Crippen molar-refractivity contribution in [2.45, 2.75) is 20.5 Å². The van der Waals surface area contributed by atoms with Gasteiger partial charge in [0.1, 0.15) is 6.61 Å². The number of aromatic carboxylic acids is 1. The first-order valence-corrected chi connectivity index (χ1v) is 9.19. The van der Waals surface area contributed by atoms with Crippen molar-refractivity contribution in [1.82, 2.24) is 9.97 Å². The molecule has 3 aromatic rings. The molecular weight excluding hydrogens is 384 g/mol. The molecule has 0 atom stereocenters. The molecule has 1 heterocycles. The van der Waals surface area contributed by atoms with E-state index in [-0.39, 0.29) is 12.2 Å². The van der Waals surface area contributed by atoms with E-state index in [1.165, 1.54) is 6.07 Å². The normalized spacial score (nSPS) is 10.8. The molecular formula is C22H22N4O4. The Morgan fingerprint density at radius 3 is 2.57 bits per heavy atom. The molecule has 2 aromatic carbocycles. The van der Waals surface area contributed by atoms with Crippen molar-refractivity contribution in [3.8, 4) is 11.5 Å². The number of carboxylic acid groups (broad SMARTS) is 1. The summed E-state index contributed by atoms with van der Waals surface area (Å²) < 4.78 is 11.2. The Labute approximate surface area is 174 Å². The van der Waals surface area contributed by atoms with Gasteiger partial charge in [-0.1, -0.05) is 12.1 Å². The highest BCUT2D eigenvalue weighted by molar-refractivity contribution is 5.87. The fourth-order valence-corrected chi connectivity index (χ4v) is 2.78. The summed E-state index contributed by atoms with van der Waals surface area (Å²) in [6, 6.07) is 13.9. The van der Waals surface area contributed by atoms with E-state index < -0.39 is 5.97 Å². The minimum Gasteiger partial charge on any atom is -0.493 e. The number of nitrogens with one attached hydrogen (secondary N) is 1. The Balaban J connectivity index is 1.67. The molecule has 0 aliphatic heterocycles. The van der Waals surface area contributed by atoms with Crippen molar-refractivity contribution < 1.29 is 19.4 Å². The molecule has 0 bridgehead atoms. The van der Waals surface area contributed by atoms with E-state index in [4.69, 9.17) is 14.6 Å². The van der Waals surface area contributed by atoms with Crippen molar-refractivity contribution in [2.75, 3.05) is 12.5 Å². The molecule has 30 heavy (non-hydrogen) atoms. The Kier molecular flexibility index (Phi) is 6.59. The Hall–Kier alpha value is -3.94. The lowest BCUT2D eigenvalue weighted by Gasteiger charge is -2.11. The molecule has 1 aromatic heterocycles. The summed E-state index contributed by atoms with van der Waals surface area (Å²) in [5.41, 5.74) is 6.30. The van der Waals surface area contributed by atoms with E-state index >= 15 is 0 Å². The molecule has 0 spiro atoms. The van der Waals surface area contributed by atoms with E-state index in [9.17, 15) is 4.79 Å². The summed E-state index contributed by atoms with van der Waals surface area (Å²) in [7, 11) is 1.55. The number of hydrogen-bond acceptors (Lipinski definition) is 7. The van der Waals surface area contributed by atoms with Crippen LogP contribution in [-0.4, -0.2) is 34.4 Å². The summed E-state index contributed by atoms with van der Waals surface area (Å²) in [6.07, 6.45) is 1.63. The van der Waals surface area contributed by atoms with Gasteiger partial charge < -0.3 is 14.6 Å². The van der Waals surface area contributed by atoms with Crippen LogP contribution in [0.4, 0.5) is 5.95 Å². The standard InChI is InChI=1S/C22H22N4O4/c1-14-9-15(2)25-22(24-14)26-23-12-16-7-8-19(20(11-16)29-3)30-13-17-5-4-6-18(10-17)21(27)28/h4-12H,13H2,1-3H3,(H,27,28)(H,24,25,26)/b23-12+. The molecule has 2 N–H and O–H groups in total. The lowest BCUT2D eigenvalue weighted by molar-refractivity contribution is 0.0696. The first kappa shape index (κ1) is 20.8. The van der Waals surface area contributed by atoms with Crippen LogP contribution in [0.15, 0.2) is 53.6 Å². The van der Waals surface area contributed by atoms with Crippen LogP contribution in [-0.2, 0) is 6.61 Å². The molecule has 154 valence electrons. The number of nitrogens with zero attached hydrogens (tertiary/aromatic N) is 3. The minimum atomic E-state index is -0.974. The van der Waals surface area contributed by atoms with Gasteiger partial charge in [-0.2, -0.15) is 5.10 Å². The number of benzene rings is 2. The van der Waals surface area contributed by atoms with E-state index in [1.807, 2.05) is 26.0 Å². The smallest absolute Gasteiger partial charge is 0.335 e. The number of aromatic nitrogens is 2. The van der Waals surface area contributed by atoms with Gasteiger partial charge >= 0.3 is 5.97 Å². The number of anilines is 1. The van der Waals surface area contributed by atoms with Gasteiger partial charge in [0.2, 0.25) is 5.95 Å². The van der Waals surface area contributed by atoms with Crippen molar-refractivity contribution in [3.05, 3.63) is 76.6 Å². The monoisotopic (exact) mass is 406 g/mol. The topological polar surface area (TPSA) is 106 Å². The fraction of sp³-hybridized carbons (Fsp3) is 0.182. The van der Waals surface area contributed by atoms with Gasteiger partial charge in [0.25, 0.3) is 0 Å². The highest BCUT2D eigenvalue weighted by Gasteiger charge is 2.08. The van der Waals surface area contributed by atoms with Crippen LogP contribution >= 0.6 is 0 Å². The fourth-order valence-electron chi connectivity index (χ4n) is 2.78. The lowest BCUT2D eigenvalue weighted by atomic mass is 10.1. The minimum absolute atomic E-state index is 0.218. The first-order valence-electron chi connectivity index (χ1n) is 9.19. The van der Waals surface area contributed by atoms with Crippen LogP contribution in [0.3, 0.4) is 0 Å². The summed E-state index contributed by atoms with van der Waals surface area (Å²) in [5.74, 6) is 0.536. The van der Waals surface area contributed by atoms with Crippen molar-refractivity contribution >= 4 is 18.1 Å². The third-order valence-electron chi connectivity index (χ3n) is 4.12. The van der Waals surface area contributed by atoms with Crippen LogP contribution in [0.5, 0.6) is 11.5 Å². The third kappa shape index (κ3) is 5.54. The van der Waals surface area contributed by atoms with Crippen LogP contribution in [0.1, 0.15) is 32.9 Å².